The summed E-state index contributed by atoms with van der Waals surface area (Å²) in [6, 6.07) is 23.6. The Balaban J connectivity index is 1.37. The highest BCUT2D eigenvalue weighted by molar-refractivity contribution is 7.98. The third-order valence-electron chi connectivity index (χ3n) is 5.26. The van der Waals surface area contributed by atoms with Gasteiger partial charge in [0.25, 0.3) is 5.91 Å². The number of carbonyl (C=O) groups is 1. The largest absolute Gasteiger partial charge is 0.476 e. The van der Waals surface area contributed by atoms with E-state index in [-0.39, 0.29) is 18.2 Å². The van der Waals surface area contributed by atoms with Gasteiger partial charge in [-0.1, -0.05) is 66.2 Å². The molecule has 0 fully saturated rings. The number of nitrogens with zero attached hydrogens (tertiary/aromatic N) is 1. The van der Waals surface area contributed by atoms with Crippen LogP contribution in [0.15, 0.2) is 78.9 Å². The number of rotatable bonds is 9. The lowest BCUT2D eigenvalue weighted by atomic mass is 10.2. The van der Waals surface area contributed by atoms with Gasteiger partial charge in [-0.2, -0.15) is 11.8 Å². The number of nitrogens with one attached hydrogen (secondary N) is 1. The number of carbonyl (C=O) groups excluding carboxylic acids is 1. The van der Waals surface area contributed by atoms with Crippen molar-refractivity contribution in [2.75, 3.05) is 23.1 Å². The van der Waals surface area contributed by atoms with Crippen molar-refractivity contribution in [2.45, 2.75) is 17.6 Å². The summed E-state index contributed by atoms with van der Waals surface area (Å²) in [5.41, 5.74) is 2.25. The van der Waals surface area contributed by atoms with Crippen molar-refractivity contribution in [1.29, 1.82) is 0 Å². The van der Waals surface area contributed by atoms with Gasteiger partial charge in [0.15, 0.2) is 6.10 Å². The van der Waals surface area contributed by atoms with Gasteiger partial charge in [0.1, 0.15) is 5.75 Å². The second-order valence-corrected chi connectivity index (χ2v) is 11.3. The summed E-state index contributed by atoms with van der Waals surface area (Å²) in [5.74, 6) is 1.38. The number of ether oxygens (including phenoxy) is 1. The van der Waals surface area contributed by atoms with Crippen LogP contribution in [0.3, 0.4) is 0 Å². The molecule has 0 radical (unpaired) electrons. The van der Waals surface area contributed by atoms with Crippen LogP contribution in [0.2, 0.25) is 5.02 Å². The molecule has 178 valence electrons. The molecule has 6 nitrogen and oxygen atoms in total. The van der Waals surface area contributed by atoms with Crippen LogP contribution in [-0.4, -0.2) is 39.3 Å². The summed E-state index contributed by atoms with van der Waals surface area (Å²) in [6.07, 6.45) is -0.932. The van der Waals surface area contributed by atoms with Crippen molar-refractivity contribution in [1.82, 2.24) is 5.32 Å². The normalized spacial score (nSPS) is 15.3. The maximum Gasteiger partial charge on any atom is 0.263 e. The van der Waals surface area contributed by atoms with E-state index in [0.717, 1.165) is 11.3 Å². The number of hydrogen-bond acceptors (Lipinski definition) is 5. The summed E-state index contributed by atoms with van der Waals surface area (Å²) in [4.78, 5) is 12.8. The molecule has 1 amide bonds. The van der Waals surface area contributed by atoms with E-state index < -0.39 is 16.1 Å². The minimum Gasteiger partial charge on any atom is -0.476 e. The maximum atomic E-state index is 13.3. The topological polar surface area (TPSA) is 75.7 Å². The number of thioether (sulfide) groups is 1. The molecule has 0 bridgehead atoms. The first-order chi connectivity index (χ1) is 16.4. The Morgan fingerprint density at radius 2 is 1.76 bits per heavy atom. The van der Waals surface area contributed by atoms with Crippen molar-refractivity contribution in [2.24, 2.45) is 0 Å². The van der Waals surface area contributed by atoms with E-state index in [4.69, 9.17) is 16.3 Å². The molecule has 0 aliphatic carbocycles. The fraction of sp³-hybridized carbons (Fsp3) is 0.240. The molecule has 0 saturated carbocycles. The number of hydrogen-bond donors (Lipinski definition) is 1. The fourth-order valence-electron chi connectivity index (χ4n) is 3.64. The monoisotopic (exact) mass is 516 g/mol. The minimum absolute atomic E-state index is 0.0757. The third-order valence-corrected chi connectivity index (χ3v) is 8.24. The van der Waals surface area contributed by atoms with Crippen LogP contribution >= 0.6 is 23.4 Å². The van der Waals surface area contributed by atoms with Crippen molar-refractivity contribution < 1.29 is 17.9 Å². The zero-order chi connectivity index (χ0) is 24.0. The first-order valence-electron chi connectivity index (χ1n) is 10.8. The van der Waals surface area contributed by atoms with Gasteiger partial charge in [-0.05, 0) is 35.4 Å². The number of sulfonamides is 1. The summed E-state index contributed by atoms with van der Waals surface area (Å²) < 4.78 is 33.7. The van der Waals surface area contributed by atoms with Crippen molar-refractivity contribution >= 4 is 45.0 Å². The van der Waals surface area contributed by atoms with E-state index in [1.165, 1.54) is 4.31 Å². The highest BCUT2D eigenvalue weighted by atomic mass is 35.5. The average Bonchev–Trinajstić information content (AvgIpc) is 2.83. The minimum atomic E-state index is -3.72. The van der Waals surface area contributed by atoms with Crippen molar-refractivity contribution in [3.05, 3.63) is 95.0 Å². The van der Waals surface area contributed by atoms with Gasteiger partial charge in [0, 0.05) is 23.1 Å². The van der Waals surface area contributed by atoms with Gasteiger partial charge >= 0.3 is 0 Å². The van der Waals surface area contributed by atoms with Gasteiger partial charge in [-0.25, -0.2) is 8.42 Å². The van der Waals surface area contributed by atoms with Crippen LogP contribution in [0.4, 0.5) is 5.69 Å². The second-order valence-electron chi connectivity index (χ2n) is 7.82. The smallest absolute Gasteiger partial charge is 0.263 e. The van der Waals surface area contributed by atoms with Crippen LogP contribution in [0.5, 0.6) is 5.75 Å². The zero-order valence-electron chi connectivity index (χ0n) is 18.4. The van der Waals surface area contributed by atoms with E-state index in [0.29, 0.717) is 34.3 Å². The number of fused-ring (bicyclic) bond motifs is 1. The zero-order valence-corrected chi connectivity index (χ0v) is 20.8. The molecule has 1 heterocycles. The Morgan fingerprint density at radius 1 is 1.03 bits per heavy atom. The maximum absolute atomic E-state index is 13.3. The van der Waals surface area contributed by atoms with Gasteiger partial charge in [0.05, 0.1) is 18.0 Å². The number of amides is 1. The lowest BCUT2D eigenvalue weighted by Gasteiger charge is -2.34. The highest BCUT2D eigenvalue weighted by Gasteiger charge is 2.36. The molecule has 1 atom stereocenters. The first kappa shape index (κ1) is 24.4. The fourth-order valence-corrected chi connectivity index (χ4v) is 6.24. The molecule has 3 aromatic rings. The van der Waals surface area contributed by atoms with Crippen molar-refractivity contribution in [3.8, 4) is 5.75 Å². The number of para-hydroxylation sites is 2. The lowest BCUT2D eigenvalue weighted by Crippen LogP contribution is -2.51. The Bertz CT molecular complexity index is 1240. The molecular weight excluding hydrogens is 492 g/mol. The van der Waals surface area contributed by atoms with E-state index in [2.05, 4.69) is 5.32 Å². The van der Waals surface area contributed by atoms with Crippen LogP contribution in [-0.2, 0) is 26.3 Å². The van der Waals surface area contributed by atoms with Crippen LogP contribution in [0.1, 0.15) is 11.1 Å². The first-order valence-corrected chi connectivity index (χ1v) is 14.0. The Labute approximate surface area is 209 Å². The molecule has 0 unspecified atom stereocenters. The van der Waals surface area contributed by atoms with E-state index in [1.54, 1.807) is 60.3 Å². The van der Waals surface area contributed by atoms with Gasteiger partial charge in [-0.3, -0.25) is 9.10 Å². The van der Waals surface area contributed by atoms with Crippen LogP contribution in [0, 0.1) is 0 Å². The predicted octanol–water partition coefficient (Wildman–Crippen LogP) is 4.49. The number of benzene rings is 3. The molecule has 0 saturated heterocycles. The molecule has 9 heteroatoms. The molecule has 3 aromatic carbocycles. The molecule has 4 rings (SSSR count). The van der Waals surface area contributed by atoms with Gasteiger partial charge in [0.2, 0.25) is 10.0 Å². The van der Waals surface area contributed by atoms with Gasteiger partial charge < -0.3 is 10.1 Å². The molecule has 34 heavy (non-hydrogen) atoms. The summed E-state index contributed by atoms with van der Waals surface area (Å²) in [5, 5.41) is 3.57. The third kappa shape index (κ3) is 6.25. The van der Waals surface area contributed by atoms with Gasteiger partial charge in [-0.15, -0.1) is 0 Å². The lowest BCUT2D eigenvalue weighted by molar-refractivity contribution is -0.127. The molecule has 1 aliphatic rings. The predicted molar refractivity (Wildman–Crippen MR) is 138 cm³/mol. The second kappa shape index (κ2) is 11.2. The molecule has 1 N–H and O–H groups in total. The Kier molecular flexibility index (Phi) is 8.03. The average molecular weight is 517 g/mol. The van der Waals surface area contributed by atoms with E-state index in [1.807, 2.05) is 30.3 Å². The Hall–Kier alpha value is -2.68. The summed E-state index contributed by atoms with van der Waals surface area (Å²) in [7, 11) is -3.72. The van der Waals surface area contributed by atoms with Crippen LogP contribution in [0.25, 0.3) is 0 Å². The van der Waals surface area contributed by atoms with Crippen molar-refractivity contribution in [3.63, 3.8) is 0 Å². The number of anilines is 1. The summed E-state index contributed by atoms with van der Waals surface area (Å²) in [6.45, 7) is 0.371. The molecule has 1 aliphatic heterocycles. The standard InChI is InChI=1S/C25H25ClN2O4S2/c26-21-10-6-9-20(15-21)17-33-14-13-27-25(29)24-16-28(22-11-4-5-12-23(22)32-24)34(30,31)18-19-7-2-1-3-8-19/h1-12,15,24H,13-14,16-18H2,(H,27,29)/t24-/m1/s1. The number of halogens is 1. The van der Waals surface area contributed by atoms with Crippen LogP contribution < -0.4 is 14.4 Å². The molecule has 0 spiro atoms. The molecule has 0 aromatic heterocycles. The molecular formula is C25H25ClN2O4S2. The Morgan fingerprint density at radius 3 is 2.56 bits per heavy atom. The summed E-state index contributed by atoms with van der Waals surface area (Å²) >= 11 is 7.69. The highest BCUT2D eigenvalue weighted by Crippen LogP contribution is 2.35. The quantitative estimate of drug-likeness (QED) is 0.424. The van der Waals surface area contributed by atoms with E-state index in [9.17, 15) is 13.2 Å². The SMILES string of the molecule is O=C(NCCSCc1cccc(Cl)c1)[C@H]1CN(S(=O)(=O)Cc2ccccc2)c2ccccc2O1. The van der Waals surface area contributed by atoms with E-state index >= 15 is 0 Å².